The number of aliphatic carboxylic acids is 1. The molecule has 0 rings (SSSR count). The molecule has 2 amide bonds. The maximum absolute atomic E-state index is 10.0. The molecule has 0 bridgehead atoms. The lowest BCUT2D eigenvalue weighted by Gasteiger charge is -1.89. The number of hydrogen-bond donors (Lipinski definition) is 4. The fraction of sp³-hybridized carbons (Fsp3) is 0.250. The third-order valence-electron chi connectivity index (χ3n) is 1.22. The third kappa shape index (κ3) is 25.7. The number of nitrogens with one attached hydrogen (secondary N) is 1. The topological polar surface area (TPSA) is 130 Å². The van der Waals surface area contributed by atoms with E-state index in [1.54, 1.807) is 6.92 Å². The van der Waals surface area contributed by atoms with Gasteiger partial charge in [0.2, 0.25) is 11.8 Å². The Morgan fingerprint density at radius 1 is 1.21 bits per heavy atom. The molecule has 0 saturated heterocycles. The number of aliphatic hydroxyl groups is 1. The van der Waals surface area contributed by atoms with Gasteiger partial charge in [-0.2, -0.15) is 0 Å². The monoisotopic (exact) mass is 272 g/mol. The molecular formula is C12H20N2O5. The van der Waals surface area contributed by atoms with Gasteiger partial charge in [-0.15, -0.1) is 0 Å². The van der Waals surface area contributed by atoms with Crippen LogP contribution >= 0.6 is 0 Å². The zero-order valence-corrected chi connectivity index (χ0v) is 11.1. The molecule has 0 aromatic rings. The van der Waals surface area contributed by atoms with E-state index in [-0.39, 0.29) is 18.2 Å². The summed E-state index contributed by atoms with van der Waals surface area (Å²) < 4.78 is 0. The van der Waals surface area contributed by atoms with Crippen LogP contribution in [0.3, 0.4) is 0 Å². The van der Waals surface area contributed by atoms with Crippen molar-refractivity contribution in [2.45, 2.75) is 13.8 Å². The number of hydrogen-bond acceptors (Lipinski definition) is 4. The second-order valence-electron chi connectivity index (χ2n) is 3.13. The van der Waals surface area contributed by atoms with E-state index in [9.17, 15) is 14.4 Å². The fourth-order valence-corrected chi connectivity index (χ4v) is 0.150. The van der Waals surface area contributed by atoms with E-state index >= 15 is 0 Å². The smallest absolute Gasteiger partial charge is 0.330 e. The number of carbonyl (C=O) groups excluding carboxylic acids is 2. The minimum atomic E-state index is -0.935. The van der Waals surface area contributed by atoms with Crippen LogP contribution in [0.1, 0.15) is 13.8 Å². The number of rotatable bonds is 4. The molecule has 0 saturated carbocycles. The molecule has 0 aromatic heterocycles. The fourth-order valence-electron chi connectivity index (χ4n) is 0.150. The first kappa shape index (κ1) is 21.8. The number of carboxylic acids is 1. The Bertz CT molecular complexity index is 313. The maximum Gasteiger partial charge on any atom is 0.330 e. The molecule has 19 heavy (non-hydrogen) atoms. The molecule has 0 aromatic carbocycles. The summed E-state index contributed by atoms with van der Waals surface area (Å²) in [6.07, 6.45) is 1.09. The van der Waals surface area contributed by atoms with Crippen molar-refractivity contribution in [1.29, 1.82) is 0 Å². The number of aliphatic hydroxyl groups excluding tert-OH is 1. The van der Waals surface area contributed by atoms with Gasteiger partial charge in [0.15, 0.2) is 0 Å². The van der Waals surface area contributed by atoms with Gasteiger partial charge in [0.05, 0.1) is 0 Å². The van der Waals surface area contributed by atoms with E-state index in [0.717, 1.165) is 6.08 Å². The molecule has 0 aliphatic carbocycles. The van der Waals surface area contributed by atoms with Gasteiger partial charge in [0, 0.05) is 11.1 Å². The first-order chi connectivity index (χ1) is 8.59. The van der Waals surface area contributed by atoms with Crippen LogP contribution in [-0.4, -0.2) is 34.7 Å². The minimum absolute atomic E-state index is 0.176. The van der Waals surface area contributed by atoms with Gasteiger partial charge in [-0.05, 0) is 19.9 Å². The highest BCUT2D eigenvalue weighted by atomic mass is 16.4. The van der Waals surface area contributed by atoms with Crippen molar-refractivity contribution in [3.63, 3.8) is 0 Å². The molecule has 0 heterocycles. The lowest BCUT2D eigenvalue weighted by Crippen LogP contribution is -2.20. The van der Waals surface area contributed by atoms with Crippen LogP contribution in [0.25, 0.3) is 0 Å². The molecule has 0 aliphatic rings. The Labute approximate surface area is 112 Å². The minimum Gasteiger partial charge on any atom is -0.478 e. The summed E-state index contributed by atoms with van der Waals surface area (Å²) in [7, 11) is 0. The van der Waals surface area contributed by atoms with Crippen molar-refractivity contribution in [1.82, 2.24) is 5.32 Å². The van der Waals surface area contributed by atoms with Gasteiger partial charge in [-0.25, -0.2) is 4.79 Å². The van der Waals surface area contributed by atoms with Gasteiger partial charge >= 0.3 is 5.97 Å². The van der Waals surface area contributed by atoms with Crippen molar-refractivity contribution < 1.29 is 24.6 Å². The van der Waals surface area contributed by atoms with Gasteiger partial charge in [0.25, 0.3) is 0 Å². The predicted molar refractivity (Wildman–Crippen MR) is 71.9 cm³/mol. The van der Waals surface area contributed by atoms with Gasteiger partial charge in [0.1, 0.15) is 6.73 Å². The molecule has 108 valence electrons. The first-order valence-corrected chi connectivity index (χ1v) is 4.95. The van der Waals surface area contributed by atoms with E-state index in [2.05, 4.69) is 25.1 Å². The van der Waals surface area contributed by atoms with Crippen LogP contribution < -0.4 is 11.1 Å². The number of carboxylic acid groups (broad SMARTS) is 1. The van der Waals surface area contributed by atoms with Gasteiger partial charge < -0.3 is 21.3 Å². The van der Waals surface area contributed by atoms with E-state index in [1.165, 1.54) is 6.92 Å². The van der Waals surface area contributed by atoms with E-state index in [0.29, 0.717) is 5.57 Å². The highest BCUT2D eigenvalue weighted by Crippen LogP contribution is 1.81. The summed E-state index contributed by atoms with van der Waals surface area (Å²) >= 11 is 0. The Morgan fingerprint density at radius 2 is 1.53 bits per heavy atom. The maximum atomic E-state index is 10.0. The Balaban J connectivity index is -0.000000203. The normalized spacial score (nSPS) is 7.53. The Hall–Kier alpha value is -2.41. The lowest BCUT2D eigenvalue weighted by molar-refractivity contribution is -0.132. The molecule has 5 N–H and O–H groups in total. The lowest BCUT2D eigenvalue weighted by atomic mass is 10.3. The zero-order chi connectivity index (χ0) is 16.0. The van der Waals surface area contributed by atoms with Crippen LogP contribution in [0.4, 0.5) is 0 Å². The SMILES string of the molecule is C=C(C)C(=O)O.C=C(C)C(N)=O.C=CC(=O)NCO. The molecule has 7 heteroatoms. The average Bonchev–Trinajstić information content (AvgIpc) is 2.30. The highest BCUT2D eigenvalue weighted by molar-refractivity contribution is 5.90. The molecule has 7 nitrogen and oxygen atoms in total. The Morgan fingerprint density at radius 3 is 1.58 bits per heavy atom. The summed E-state index contributed by atoms with van der Waals surface area (Å²) in [6, 6.07) is 0. The molecule has 0 atom stereocenters. The van der Waals surface area contributed by atoms with E-state index in [4.69, 9.17) is 15.9 Å². The van der Waals surface area contributed by atoms with Crippen molar-refractivity contribution >= 4 is 17.8 Å². The van der Waals surface area contributed by atoms with Crippen molar-refractivity contribution in [2.75, 3.05) is 6.73 Å². The summed E-state index contributed by atoms with van der Waals surface area (Å²) in [5.74, 6) is -1.73. The van der Waals surface area contributed by atoms with E-state index < -0.39 is 11.9 Å². The zero-order valence-electron chi connectivity index (χ0n) is 11.1. The molecule has 0 spiro atoms. The van der Waals surface area contributed by atoms with Crippen LogP contribution in [0.15, 0.2) is 37.0 Å². The molecule has 0 radical (unpaired) electrons. The summed E-state index contributed by atoms with van der Waals surface area (Å²) in [5.41, 5.74) is 5.27. The number of primary amides is 1. The second kappa shape index (κ2) is 13.7. The number of nitrogens with two attached hydrogens (primary N) is 1. The van der Waals surface area contributed by atoms with E-state index in [1.807, 2.05) is 0 Å². The molecular weight excluding hydrogens is 252 g/mol. The van der Waals surface area contributed by atoms with Crippen molar-refractivity contribution in [2.24, 2.45) is 5.73 Å². The Kier molecular flexibility index (Phi) is 15.7. The third-order valence-corrected chi connectivity index (χ3v) is 1.22. The molecule has 0 fully saturated rings. The molecule has 0 unspecified atom stereocenters. The van der Waals surface area contributed by atoms with Crippen LogP contribution in [0.2, 0.25) is 0 Å². The standard InChI is InChI=1S/C4H7NO2.C4H7NO.C4H6O2/c1-2-4(7)5-3-6;2*1-3(2)4(5)6/h2,6H,1,3H2,(H,5,7);1H2,2H3,(H2,5,6);1H2,2H3,(H,5,6). The second-order valence-corrected chi connectivity index (χ2v) is 3.13. The summed E-state index contributed by atoms with van der Waals surface area (Å²) in [6.45, 7) is 12.3. The van der Waals surface area contributed by atoms with Crippen LogP contribution in [0.5, 0.6) is 0 Å². The largest absolute Gasteiger partial charge is 0.478 e. The predicted octanol–water partition coefficient (Wildman–Crippen LogP) is -0.0667. The summed E-state index contributed by atoms with van der Waals surface area (Å²) in [4.78, 5) is 29.4. The average molecular weight is 272 g/mol. The molecule has 0 aliphatic heterocycles. The first-order valence-electron chi connectivity index (χ1n) is 4.95. The number of amides is 2. The van der Waals surface area contributed by atoms with Crippen molar-refractivity contribution in [3.8, 4) is 0 Å². The number of carbonyl (C=O) groups is 3. The van der Waals surface area contributed by atoms with Gasteiger partial charge in [-0.3, -0.25) is 9.59 Å². The summed E-state index contributed by atoms with van der Waals surface area (Å²) in [5, 5.41) is 18.0. The highest BCUT2D eigenvalue weighted by Gasteiger charge is 1.90. The van der Waals surface area contributed by atoms with Crippen LogP contribution in [-0.2, 0) is 14.4 Å². The van der Waals surface area contributed by atoms with Gasteiger partial charge in [-0.1, -0.05) is 19.7 Å². The van der Waals surface area contributed by atoms with Crippen LogP contribution in [0, 0.1) is 0 Å². The quantitative estimate of drug-likeness (QED) is 0.420. The van der Waals surface area contributed by atoms with Crippen molar-refractivity contribution in [3.05, 3.63) is 37.0 Å².